The predicted molar refractivity (Wildman–Crippen MR) is 171 cm³/mol. The van der Waals surface area contributed by atoms with E-state index in [0.29, 0.717) is 25.1 Å². The topological polar surface area (TPSA) is 122 Å². The zero-order valence-electron chi connectivity index (χ0n) is 26.4. The molecule has 5 N–H and O–H groups in total. The molecule has 41 heavy (non-hydrogen) atoms. The Kier molecular flexibility index (Phi) is 29.2. The van der Waals surface area contributed by atoms with E-state index < -0.39 is 30.3 Å². The maximum absolute atomic E-state index is 12.6. The number of aliphatic hydroxyl groups excluding tert-OH is 3. The van der Waals surface area contributed by atoms with Crippen molar-refractivity contribution in [3.05, 3.63) is 72.4 Å². The number of carbonyl (C=O) groups excluding carboxylic acids is 2. The predicted octanol–water partition coefficient (Wildman–Crippen LogP) is 3.98. The fourth-order valence-electron chi connectivity index (χ4n) is 3.43. The van der Waals surface area contributed by atoms with Crippen LogP contribution in [-0.4, -0.2) is 76.1 Å². The molecule has 2 amide bonds. The summed E-state index contributed by atoms with van der Waals surface area (Å²) in [6.07, 6.45) is 9.55. The van der Waals surface area contributed by atoms with E-state index in [-0.39, 0.29) is 18.9 Å². The van der Waals surface area contributed by atoms with Crippen molar-refractivity contribution in [2.45, 2.75) is 92.6 Å². The standard InChI is InChI=1S/C25H39N3O5.C3H6.C3H4.C2H6/c1-5-7-14-26-24(32)19(4)28(15-6-2)25(33)22(30)21(17-20-11-9-8-10-12-20)27-23(31)18(3)13-16-29;2*1-3-2;1-2/h5,7-13,19,21-22,25,29-30,33H,6,14-17H2,1-4H3,(H,26,32)(H,27,31);3H,1H2,2H3;1H,2H3;1-2H3/b7-5+,18-13+;;;/t19?,21-,22?,25?;;;/m0.../s1. The van der Waals surface area contributed by atoms with Crippen LogP contribution in [0.25, 0.3) is 0 Å². The number of allylic oxidation sites excluding steroid dienone is 2. The van der Waals surface area contributed by atoms with Crippen molar-refractivity contribution in [3.8, 4) is 12.3 Å². The third-order valence-electron chi connectivity index (χ3n) is 5.42. The lowest BCUT2D eigenvalue weighted by atomic mass is 9.98. The summed E-state index contributed by atoms with van der Waals surface area (Å²) in [6.45, 7) is 18.4. The average molecular weight is 574 g/mol. The molecule has 1 rings (SSSR count). The van der Waals surface area contributed by atoms with Gasteiger partial charge in [0.25, 0.3) is 0 Å². The number of rotatable bonds is 14. The van der Waals surface area contributed by atoms with E-state index in [1.54, 1.807) is 26.8 Å². The molecule has 0 saturated heterocycles. The molecule has 232 valence electrons. The highest BCUT2D eigenvalue weighted by Crippen LogP contribution is 2.16. The molecule has 1 aromatic carbocycles. The van der Waals surface area contributed by atoms with Gasteiger partial charge < -0.3 is 26.0 Å². The van der Waals surface area contributed by atoms with Crippen molar-refractivity contribution in [2.75, 3.05) is 19.7 Å². The van der Waals surface area contributed by atoms with Gasteiger partial charge in [-0.1, -0.05) is 75.4 Å². The largest absolute Gasteiger partial charge is 0.392 e. The Labute approximate surface area is 249 Å². The zero-order valence-corrected chi connectivity index (χ0v) is 26.4. The molecule has 4 atom stereocenters. The van der Waals surface area contributed by atoms with E-state index in [1.807, 2.05) is 77.1 Å². The quantitative estimate of drug-likeness (QED) is 0.0993. The maximum Gasteiger partial charge on any atom is 0.246 e. The minimum Gasteiger partial charge on any atom is -0.392 e. The highest BCUT2D eigenvalue weighted by molar-refractivity contribution is 5.93. The van der Waals surface area contributed by atoms with Gasteiger partial charge in [-0.05, 0) is 53.0 Å². The Balaban J connectivity index is -0.00000162. The Bertz CT molecular complexity index is 909. The van der Waals surface area contributed by atoms with Crippen molar-refractivity contribution in [3.63, 3.8) is 0 Å². The molecule has 8 nitrogen and oxygen atoms in total. The number of hydrogen-bond acceptors (Lipinski definition) is 6. The van der Waals surface area contributed by atoms with E-state index in [9.17, 15) is 19.8 Å². The molecule has 0 spiro atoms. The van der Waals surface area contributed by atoms with E-state index in [0.717, 1.165) is 5.56 Å². The Morgan fingerprint density at radius 2 is 1.71 bits per heavy atom. The second-order valence-electron chi connectivity index (χ2n) is 8.67. The van der Waals surface area contributed by atoms with Crippen LogP contribution < -0.4 is 10.6 Å². The molecular weight excluding hydrogens is 518 g/mol. The van der Waals surface area contributed by atoms with Crippen LogP contribution in [0.3, 0.4) is 0 Å². The van der Waals surface area contributed by atoms with Crippen LogP contribution in [0.4, 0.5) is 0 Å². The molecule has 1 aromatic rings. The summed E-state index contributed by atoms with van der Waals surface area (Å²) in [4.78, 5) is 26.7. The molecule has 3 unspecified atom stereocenters. The Morgan fingerprint density at radius 1 is 1.17 bits per heavy atom. The molecule has 0 aliphatic heterocycles. The second kappa shape index (κ2) is 28.3. The highest BCUT2D eigenvalue weighted by Gasteiger charge is 2.35. The number of aliphatic hydroxyl groups is 3. The van der Waals surface area contributed by atoms with Gasteiger partial charge in [-0.25, -0.2) is 0 Å². The summed E-state index contributed by atoms with van der Waals surface area (Å²) in [6, 6.07) is 7.81. The van der Waals surface area contributed by atoms with Gasteiger partial charge in [0.2, 0.25) is 11.8 Å². The summed E-state index contributed by atoms with van der Waals surface area (Å²) in [5.41, 5.74) is 1.18. The number of nitrogens with zero attached hydrogens (tertiary/aromatic N) is 1. The summed E-state index contributed by atoms with van der Waals surface area (Å²) in [5, 5.41) is 36.8. The summed E-state index contributed by atoms with van der Waals surface area (Å²) in [5.74, 6) is 1.54. The number of carbonyl (C=O) groups is 2. The number of hydrogen-bond donors (Lipinski definition) is 5. The fourth-order valence-corrected chi connectivity index (χ4v) is 3.43. The van der Waals surface area contributed by atoms with Crippen molar-refractivity contribution in [1.82, 2.24) is 15.5 Å². The molecule has 0 aliphatic carbocycles. The van der Waals surface area contributed by atoms with Gasteiger partial charge in [0.1, 0.15) is 12.3 Å². The maximum atomic E-state index is 12.6. The van der Waals surface area contributed by atoms with Crippen molar-refractivity contribution < 1.29 is 24.9 Å². The van der Waals surface area contributed by atoms with Crippen LogP contribution in [0.2, 0.25) is 0 Å². The lowest BCUT2D eigenvalue weighted by Crippen LogP contribution is -2.59. The summed E-state index contributed by atoms with van der Waals surface area (Å²) in [7, 11) is 0. The fraction of sp³-hybridized carbons (Fsp3) is 0.515. The number of amides is 2. The van der Waals surface area contributed by atoms with Crippen LogP contribution in [0.1, 0.15) is 67.4 Å². The van der Waals surface area contributed by atoms with Gasteiger partial charge in [0.15, 0.2) is 0 Å². The monoisotopic (exact) mass is 573 g/mol. The lowest BCUT2D eigenvalue weighted by Gasteiger charge is -2.37. The van der Waals surface area contributed by atoms with Gasteiger partial charge in [0.05, 0.1) is 18.7 Å². The second-order valence-corrected chi connectivity index (χ2v) is 8.67. The van der Waals surface area contributed by atoms with Crippen LogP contribution in [-0.2, 0) is 16.0 Å². The first kappa shape index (κ1) is 42.2. The highest BCUT2D eigenvalue weighted by atomic mass is 16.3. The van der Waals surface area contributed by atoms with E-state index in [4.69, 9.17) is 5.11 Å². The third kappa shape index (κ3) is 19.5. The first-order chi connectivity index (χ1) is 19.6. The lowest BCUT2D eigenvalue weighted by molar-refractivity contribution is -0.142. The SMILES string of the molecule is C#CC.C/C=C/CNC(=O)C(C)N(CCC)C(O)C(O)[C@H](Cc1ccccc1)NC(=O)/C(C)=C/CO.C=CC.CC. The molecule has 8 heteroatoms. The van der Waals surface area contributed by atoms with Crippen LogP contribution >= 0.6 is 0 Å². The first-order valence-electron chi connectivity index (χ1n) is 14.2. The number of terminal acetylenes is 1. The molecule has 0 bridgehead atoms. The Hall–Kier alpha value is -3.22. The van der Waals surface area contributed by atoms with Gasteiger partial charge in [-0.15, -0.1) is 18.9 Å². The number of benzene rings is 1. The normalized spacial score (nSPS) is 13.4. The van der Waals surface area contributed by atoms with Gasteiger partial charge >= 0.3 is 0 Å². The molecule has 0 aliphatic rings. The minimum absolute atomic E-state index is 0.266. The van der Waals surface area contributed by atoms with Crippen LogP contribution in [0.15, 0.2) is 66.8 Å². The molecule has 0 aromatic heterocycles. The molecule has 0 saturated carbocycles. The first-order valence-corrected chi connectivity index (χ1v) is 14.2. The molecule has 0 radical (unpaired) electrons. The minimum atomic E-state index is -1.39. The zero-order chi connectivity index (χ0) is 32.2. The number of nitrogens with one attached hydrogen (secondary N) is 2. The van der Waals surface area contributed by atoms with Crippen LogP contribution in [0.5, 0.6) is 0 Å². The average Bonchev–Trinajstić information content (AvgIpc) is 2.97. The molecule has 0 fully saturated rings. The van der Waals surface area contributed by atoms with Gasteiger partial charge in [-0.3, -0.25) is 14.5 Å². The molecule has 0 heterocycles. The van der Waals surface area contributed by atoms with E-state index >= 15 is 0 Å². The van der Waals surface area contributed by atoms with Gasteiger partial charge in [-0.2, -0.15) is 0 Å². The summed E-state index contributed by atoms with van der Waals surface area (Å²) < 4.78 is 0. The van der Waals surface area contributed by atoms with Crippen molar-refractivity contribution in [1.29, 1.82) is 0 Å². The summed E-state index contributed by atoms with van der Waals surface area (Å²) >= 11 is 0. The van der Waals surface area contributed by atoms with E-state index in [1.165, 1.54) is 11.0 Å². The smallest absolute Gasteiger partial charge is 0.246 e. The molecular formula is C33H55N3O5. The van der Waals surface area contributed by atoms with Crippen molar-refractivity contribution in [2.24, 2.45) is 0 Å². The van der Waals surface area contributed by atoms with Crippen LogP contribution in [0, 0.1) is 12.3 Å². The Morgan fingerprint density at radius 3 is 2.17 bits per heavy atom. The third-order valence-corrected chi connectivity index (χ3v) is 5.42. The van der Waals surface area contributed by atoms with Crippen molar-refractivity contribution >= 4 is 11.8 Å². The van der Waals surface area contributed by atoms with E-state index in [2.05, 4.69) is 29.6 Å². The van der Waals surface area contributed by atoms with Gasteiger partial charge in [0, 0.05) is 18.7 Å².